The predicted octanol–water partition coefficient (Wildman–Crippen LogP) is 1.92. The minimum Gasteiger partial charge on any atom is -0.341 e. The van der Waals surface area contributed by atoms with Crippen LogP contribution >= 0.6 is 0 Å². The Morgan fingerprint density at radius 3 is 2.75 bits per heavy atom. The van der Waals surface area contributed by atoms with Crippen molar-refractivity contribution in [2.45, 2.75) is 64.0 Å². The summed E-state index contributed by atoms with van der Waals surface area (Å²) in [6.45, 7) is 4.16. The molecule has 2 rings (SSSR count). The lowest BCUT2D eigenvalue weighted by atomic mass is 10.2. The van der Waals surface area contributed by atoms with Crippen molar-refractivity contribution >= 4 is 5.91 Å². The SMILES string of the molecule is CCCCCCN1CCC(NC2CC2)C1=O. The summed E-state index contributed by atoms with van der Waals surface area (Å²) in [4.78, 5) is 14.0. The first-order valence-electron chi connectivity index (χ1n) is 6.86. The number of likely N-dealkylation sites (tertiary alicyclic amines) is 1. The Morgan fingerprint density at radius 2 is 2.06 bits per heavy atom. The summed E-state index contributed by atoms with van der Waals surface area (Å²) in [5, 5.41) is 3.44. The van der Waals surface area contributed by atoms with Gasteiger partial charge in [0.05, 0.1) is 6.04 Å². The number of carbonyl (C=O) groups excluding carboxylic acids is 1. The maximum absolute atomic E-state index is 12.0. The minimum atomic E-state index is 0.138. The quantitative estimate of drug-likeness (QED) is 0.670. The smallest absolute Gasteiger partial charge is 0.239 e. The van der Waals surface area contributed by atoms with Gasteiger partial charge in [0.15, 0.2) is 0 Å². The third-order valence-corrected chi connectivity index (χ3v) is 3.59. The minimum absolute atomic E-state index is 0.138. The predicted molar refractivity (Wildman–Crippen MR) is 65.3 cm³/mol. The Kier molecular flexibility index (Phi) is 4.22. The zero-order valence-electron chi connectivity index (χ0n) is 10.4. The van der Waals surface area contributed by atoms with E-state index in [2.05, 4.69) is 17.1 Å². The molecular formula is C13H24N2O. The van der Waals surface area contributed by atoms with Crippen LogP contribution in [0.2, 0.25) is 0 Å². The first kappa shape index (κ1) is 11.9. The highest BCUT2D eigenvalue weighted by Crippen LogP contribution is 2.22. The van der Waals surface area contributed by atoms with E-state index in [1.165, 1.54) is 38.5 Å². The van der Waals surface area contributed by atoms with Crippen molar-refractivity contribution in [3.8, 4) is 0 Å². The van der Waals surface area contributed by atoms with Gasteiger partial charge in [-0.3, -0.25) is 4.79 Å². The lowest BCUT2D eigenvalue weighted by molar-refractivity contribution is -0.129. The summed E-state index contributed by atoms with van der Waals surface area (Å²) in [6.07, 6.45) is 8.55. The van der Waals surface area contributed by atoms with Crippen LogP contribution in [-0.4, -0.2) is 36.0 Å². The lowest BCUT2D eigenvalue weighted by Gasteiger charge is -2.16. The number of hydrogen-bond acceptors (Lipinski definition) is 2. The monoisotopic (exact) mass is 224 g/mol. The number of nitrogens with zero attached hydrogens (tertiary/aromatic N) is 1. The van der Waals surface area contributed by atoms with Gasteiger partial charge in [0.1, 0.15) is 0 Å². The summed E-state index contributed by atoms with van der Waals surface area (Å²) >= 11 is 0. The summed E-state index contributed by atoms with van der Waals surface area (Å²) in [6, 6.07) is 0.785. The van der Waals surface area contributed by atoms with Gasteiger partial charge in [-0.15, -0.1) is 0 Å². The van der Waals surface area contributed by atoms with E-state index in [0.29, 0.717) is 11.9 Å². The Hall–Kier alpha value is -0.570. The van der Waals surface area contributed by atoms with Crippen molar-refractivity contribution in [2.75, 3.05) is 13.1 Å². The molecule has 0 bridgehead atoms. The van der Waals surface area contributed by atoms with E-state index >= 15 is 0 Å². The number of nitrogens with one attached hydrogen (secondary N) is 1. The molecule has 3 heteroatoms. The van der Waals surface area contributed by atoms with Crippen LogP contribution in [0.4, 0.5) is 0 Å². The Morgan fingerprint density at radius 1 is 1.25 bits per heavy atom. The molecule has 92 valence electrons. The van der Waals surface area contributed by atoms with Crippen LogP contribution in [0.1, 0.15) is 51.9 Å². The third kappa shape index (κ3) is 3.21. The van der Waals surface area contributed by atoms with E-state index in [9.17, 15) is 4.79 Å². The standard InChI is InChI=1S/C13H24N2O/c1-2-3-4-5-9-15-10-8-12(13(15)16)14-11-6-7-11/h11-12,14H,2-10H2,1H3. The molecule has 1 N–H and O–H groups in total. The molecule has 1 unspecified atom stereocenters. The van der Waals surface area contributed by atoms with Gasteiger partial charge in [-0.1, -0.05) is 26.2 Å². The summed E-state index contributed by atoms with van der Waals surface area (Å²) in [5.41, 5.74) is 0. The maximum atomic E-state index is 12.0. The molecule has 1 amide bonds. The van der Waals surface area contributed by atoms with Crippen LogP contribution in [0.25, 0.3) is 0 Å². The van der Waals surface area contributed by atoms with Gasteiger partial charge in [-0.2, -0.15) is 0 Å². The highest BCUT2D eigenvalue weighted by molar-refractivity contribution is 5.84. The number of amides is 1. The second-order valence-corrected chi connectivity index (χ2v) is 5.17. The van der Waals surface area contributed by atoms with E-state index in [1.54, 1.807) is 0 Å². The average Bonchev–Trinajstić information content (AvgIpc) is 3.03. The van der Waals surface area contributed by atoms with Crippen LogP contribution in [0.15, 0.2) is 0 Å². The molecule has 2 fully saturated rings. The largest absolute Gasteiger partial charge is 0.341 e. The second-order valence-electron chi connectivity index (χ2n) is 5.17. The molecule has 0 aromatic rings. The van der Waals surface area contributed by atoms with Crippen molar-refractivity contribution < 1.29 is 4.79 Å². The Bertz CT molecular complexity index is 238. The van der Waals surface area contributed by atoms with Crippen LogP contribution in [-0.2, 0) is 4.79 Å². The fourth-order valence-electron chi connectivity index (χ4n) is 2.38. The molecule has 0 spiro atoms. The number of rotatable bonds is 7. The van der Waals surface area contributed by atoms with E-state index in [-0.39, 0.29) is 6.04 Å². The molecule has 0 radical (unpaired) electrons. The maximum Gasteiger partial charge on any atom is 0.239 e. The van der Waals surface area contributed by atoms with Gasteiger partial charge in [-0.05, 0) is 25.7 Å². The second kappa shape index (κ2) is 5.67. The molecule has 0 aromatic heterocycles. The number of unbranched alkanes of at least 4 members (excludes halogenated alkanes) is 3. The molecule has 3 nitrogen and oxygen atoms in total. The normalized spacial score (nSPS) is 25.4. The average molecular weight is 224 g/mol. The van der Waals surface area contributed by atoms with E-state index in [0.717, 1.165) is 19.5 Å². The first-order valence-corrected chi connectivity index (χ1v) is 6.86. The Balaban J connectivity index is 1.65. The van der Waals surface area contributed by atoms with Gasteiger partial charge in [0, 0.05) is 19.1 Å². The molecule has 1 aliphatic carbocycles. The Labute approximate surface area is 98.6 Å². The lowest BCUT2D eigenvalue weighted by Crippen LogP contribution is -2.39. The van der Waals surface area contributed by atoms with Crippen molar-refractivity contribution in [1.29, 1.82) is 0 Å². The fraction of sp³-hybridized carbons (Fsp3) is 0.923. The van der Waals surface area contributed by atoms with E-state index < -0.39 is 0 Å². The molecule has 1 saturated carbocycles. The highest BCUT2D eigenvalue weighted by Gasteiger charge is 2.34. The van der Waals surface area contributed by atoms with Crippen LogP contribution in [0.5, 0.6) is 0 Å². The summed E-state index contributed by atoms with van der Waals surface area (Å²) in [5.74, 6) is 0.350. The molecule has 16 heavy (non-hydrogen) atoms. The molecule has 1 saturated heterocycles. The van der Waals surface area contributed by atoms with E-state index in [1.807, 2.05) is 0 Å². The van der Waals surface area contributed by atoms with Gasteiger partial charge in [0.2, 0.25) is 5.91 Å². The van der Waals surface area contributed by atoms with Crippen molar-refractivity contribution in [2.24, 2.45) is 0 Å². The van der Waals surface area contributed by atoms with E-state index in [4.69, 9.17) is 0 Å². The molecule has 2 aliphatic rings. The zero-order valence-corrected chi connectivity index (χ0v) is 10.4. The van der Waals surface area contributed by atoms with Crippen molar-refractivity contribution in [3.05, 3.63) is 0 Å². The number of carbonyl (C=O) groups is 1. The van der Waals surface area contributed by atoms with Gasteiger partial charge in [-0.25, -0.2) is 0 Å². The highest BCUT2D eigenvalue weighted by atomic mass is 16.2. The molecule has 1 heterocycles. The van der Waals surface area contributed by atoms with Gasteiger partial charge < -0.3 is 10.2 Å². The molecule has 1 aliphatic heterocycles. The number of hydrogen-bond donors (Lipinski definition) is 1. The topological polar surface area (TPSA) is 32.3 Å². The molecule has 0 aromatic carbocycles. The van der Waals surface area contributed by atoms with Gasteiger partial charge in [0.25, 0.3) is 0 Å². The van der Waals surface area contributed by atoms with Crippen molar-refractivity contribution in [1.82, 2.24) is 10.2 Å². The van der Waals surface area contributed by atoms with Crippen LogP contribution in [0.3, 0.4) is 0 Å². The van der Waals surface area contributed by atoms with Gasteiger partial charge >= 0.3 is 0 Å². The molecule has 1 atom stereocenters. The summed E-state index contributed by atoms with van der Waals surface area (Å²) in [7, 11) is 0. The third-order valence-electron chi connectivity index (χ3n) is 3.59. The fourth-order valence-corrected chi connectivity index (χ4v) is 2.38. The van der Waals surface area contributed by atoms with Crippen LogP contribution in [0, 0.1) is 0 Å². The molecular weight excluding hydrogens is 200 g/mol. The first-order chi connectivity index (χ1) is 7.81. The zero-order chi connectivity index (χ0) is 11.4. The van der Waals surface area contributed by atoms with Crippen molar-refractivity contribution in [3.63, 3.8) is 0 Å². The summed E-state index contributed by atoms with van der Waals surface area (Å²) < 4.78 is 0. The van der Waals surface area contributed by atoms with Crippen LogP contribution < -0.4 is 5.32 Å².